The maximum Gasteiger partial charge on any atom is 0.136 e. The van der Waals surface area contributed by atoms with Gasteiger partial charge < -0.3 is 9.88 Å². The van der Waals surface area contributed by atoms with Gasteiger partial charge in [0.2, 0.25) is 0 Å². The number of piperidine rings is 1. The van der Waals surface area contributed by atoms with Gasteiger partial charge in [0, 0.05) is 5.92 Å². The minimum absolute atomic E-state index is 0.550. The van der Waals surface area contributed by atoms with Crippen molar-refractivity contribution in [2.24, 2.45) is 0 Å². The van der Waals surface area contributed by atoms with E-state index in [2.05, 4.69) is 51.3 Å². The molecule has 0 radical (unpaired) electrons. The smallest absolute Gasteiger partial charge is 0.136 e. The molecule has 0 unspecified atom stereocenters. The third-order valence-corrected chi connectivity index (χ3v) is 3.82. The Morgan fingerprint density at radius 2 is 1.95 bits per heavy atom. The summed E-state index contributed by atoms with van der Waals surface area (Å²) in [6.45, 7) is 5.15. The summed E-state index contributed by atoms with van der Waals surface area (Å²) in [6, 6.07) is 8.68. The van der Waals surface area contributed by atoms with Crippen LogP contribution < -0.4 is 5.32 Å². The highest BCUT2D eigenvalue weighted by molar-refractivity contribution is 5.22. The van der Waals surface area contributed by atoms with Crippen LogP contribution in [0.1, 0.15) is 35.7 Å². The molecule has 4 heteroatoms. The van der Waals surface area contributed by atoms with Crippen molar-refractivity contribution in [1.82, 2.24) is 20.1 Å². The summed E-state index contributed by atoms with van der Waals surface area (Å²) in [4.78, 5) is 0. The van der Waals surface area contributed by atoms with Gasteiger partial charge in [-0.2, -0.15) is 0 Å². The van der Waals surface area contributed by atoms with E-state index in [0.29, 0.717) is 5.92 Å². The lowest BCUT2D eigenvalue weighted by atomic mass is 9.97. The van der Waals surface area contributed by atoms with Crippen LogP contribution in [0.4, 0.5) is 0 Å². The van der Waals surface area contributed by atoms with E-state index in [1.807, 2.05) is 6.33 Å². The molecule has 1 fully saturated rings. The zero-order valence-corrected chi connectivity index (χ0v) is 11.3. The van der Waals surface area contributed by atoms with E-state index in [9.17, 15) is 0 Å². The van der Waals surface area contributed by atoms with Crippen LogP contribution in [-0.4, -0.2) is 27.9 Å². The minimum atomic E-state index is 0.550. The molecule has 19 heavy (non-hydrogen) atoms. The predicted octanol–water partition coefficient (Wildman–Crippen LogP) is 2.10. The molecule has 2 aromatic rings. The molecule has 0 spiro atoms. The minimum Gasteiger partial charge on any atom is -0.317 e. The molecule has 0 atom stereocenters. The molecule has 100 valence electrons. The number of aromatic nitrogens is 3. The molecule has 0 saturated carbocycles. The first kappa shape index (κ1) is 12.4. The van der Waals surface area contributed by atoms with E-state index in [1.54, 1.807) is 0 Å². The van der Waals surface area contributed by atoms with Crippen molar-refractivity contribution in [2.45, 2.75) is 32.2 Å². The second-order valence-electron chi connectivity index (χ2n) is 5.33. The van der Waals surface area contributed by atoms with E-state index < -0.39 is 0 Å². The zero-order valence-electron chi connectivity index (χ0n) is 11.3. The average Bonchev–Trinajstić information content (AvgIpc) is 2.90. The quantitative estimate of drug-likeness (QED) is 0.914. The first-order chi connectivity index (χ1) is 9.33. The highest BCUT2D eigenvalue weighted by atomic mass is 15.3. The standard InChI is InChI=1S/C15H20N4/c1-12-2-4-13(5-3-12)10-19-11-17-18-15(19)14-6-8-16-9-7-14/h2-5,11,14,16H,6-10H2,1H3. The fourth-order valence-corrected chi connectivity index (χ4v) is 2.67. The first-order valence-electron chi connectivity index (χ1n) is 6.97. The first-order valence-corrected chi connectivity index (χ1v) is 6.97. The molecule has 1 saturated heterocycles. The molecule has 1 aliphatic rings. The molecule has 0 amide bonds. The van der Waals surface area contributed by atoms with E-state index in [4.69, 9.17) is 0 Å². The van der Waals surface area contributed by atoms with Crippen molar-refractivity contribution in [2.75, 3.05) is 13.1 Å². The monoisotopic (exact) mass is 256 g/mol. The molecule has 1 aromatic carbocycles. The van der Waals surface area contributed by atoms with Crippen molar-refractivity contribution in [1.29, 1.82) is 0 Å². The number of rotatable bonds is 3. The molecular weight excluding hydrogens is 236 g/mol. The van der Waals surface area contributed by atoms with Gasteiger partial charge in [0.05, 0.1) is 6.54 Å². The van der Waals surface area contributed by atoms with Gasteiger partial charge in [0.25, 0.3) is 0 Å². The third kappa shape index (κ3) is 2.84. The van der Waals surface area contributed by atoms with Gasteiger partial charge in [0.15, 0.2) is 0 Å². The Hall–Kier alpha value is -1.68. The maximum absolute atomic E-state index is 4.34. The van der Waals surface area contributed by atoms with Gasteiger partial charge in [-0.3, -0.25) is 0 Å². The maximum atomic E-state index is 4.34. The highest BCUT2D eigenvalue weighted by Crippen LogP contribution is 2.23. The topological polar surface area (TPSA) is 42.7 Å². The highest BCUT2D eigenvalue weighted by Gasteiger charge is 2.20. The van der Waals surface area contributed by atoms with Crippen LogP contribution in [-0.2, 0) is 6.54 Å². The number of hydrogen-bond donors (Lipinski definition) is 1. The fraction of sp³-hybridized carbons (Fsp3) is 0.467. The Bertz CT molecular complexity index is 523. The lowest BCUT2D eigenvalue weighted by Crippen LogP contribution is -2.28. The molecular formula is C15H20N4. The van der Waals surface area contributed by atoms with Crippen LogP contribution in [0.2, 0.25) is 0 Å². The lowest BCUT2D eigenvalue weighted by Gasteiger charge is -2.22. The van der Waals surface area contributed by atoms with Crippen molar-refractivity contribution < 1.29 is 0 Å². The summed E-state index contributed by atoms with van der Waals surface area (Å²) in [5.74, 6) is 1.69. The lowest BCUT2D eigenvalue weighted by molar-refractivity contribution is 0.433. The van der Waals surface area contributed by atoms with Crippen LogP contribution in [0.25, 0.3) is 0 Å². The van der Waals surface area contributed by atoms with Gasteiger partial charge >= 0.3 is 0 Å². The fourth-order valence-electron chi connectivity index (χ4n) is 2.67. The Labute approximate surface area is 113 Å². The summed E-state index contributed by atoms with van der Waals surface area (Å²) < 4.78 is 2.20. The number of benzene rings is 1. The molecule has 4 nitrogen and oxygen atoms in total. The van der Waals surface area contributed by atoms with Crippen LogP contribution >= 0.6 is 0 Å². The van der Waals surface area contributed by atoms with Crippen LogP contribution in [0.15, 0.2) is 30.6 Å². The molecule has 0 aliphatic carbocycles. The number of nitrogens with one attached hydrogen (secondary N) is 1. The summed E-state index contributed by atoms with van der Waals surface area (Å²) in [5, 5.41) is 11.8. The van der Waals surface area contributed by atoms with Crippen LogP contribution in [0.5, 0.6) is 0 Å². The normalized spacial score (nSPS) is 16.7. The van der Waals surface area contributed by atoms with Crippen molar-refractivity contribution >= 4 is 0 Å². The molecule has 1 aliphatic heterocycles. The Balaban J connectivity index is 1.77. The Kier molecular flexibility index (Phi) is 3.60. The second kappa shape index (κ2) is 5.53. The summed E-state index contributed by atoms with van der Waals surface area (Å²) in [6.07, 6.45) is 4.18. The summed E-state index contributed by atoms with van der Waals surface area (Å²) >= 11 is 0. The van der Waals surface area contributed by atoms with Crippen molar-refractivity contribution in [3.8, 4) is 0 Å². The number of hydrogen-bond acceptors (Lipinski definition) is 3. The average molecular weight is 256 g/mol. The Morgan fingerprint density at radius 1 is 1.21 bits per heavy atom. The van der Waals surface area contributed by atoms with E-state index in [0.717, 1.165) is 38.3 Å². The molecule has 1 aromatic heterocycles. The van der Waals surface area contributed by atoms with Gasteiger partial charge in [-0.15, -0.1) is 10.2 Å². The Morgan fingerprint density at radius 3 is 2.68 bits per heavy atom. The summed E-state index contributed by atoms with van der Waals surface area (Å²) in [7, 11) is 0. The largest absolute Gasteiger partial charge is 0.317 e. The van der Waals surface area contributed by atoms with Crippen LogP contribution in [0, 0.1) is 6.92 Å². The van der Waals surface area contributed by atoms with Crippen molar-refractivity contribution in [3.63, 3.8) is 0 Å². The third-order valence-electron chi connectivity index (χ3n) is 3.82. The molecule has 3 rings (SSSR count). The predicted molar refractivity (Wildman–Crippen MR) is 75.1 cm³/mol. The van der Waals surface area contributed by atoms with Gasteiger partial charge in [-0.05, 0) is 38.4 Å². The number of aryl methyl sites for hydroxylation is 1. The van der Waals surface area contributed by atoms with E-state index in [1.165, 1.54) is 11.1 Å². The molecule has 0 bridgehead atoms. The van der Waals surface area contributed by atoms with E-state index in [-0.39, 0.29) is 0 Å². The van der Waals surface area contributed by atoms with Gasteiger partial charge in [-0.1, -0.05) is 29.8 Å². The second-order valence-corrected chi connectivity index (χ2v) is 5.33. The van der Waals surface area contributed by atoms with E-state index >= 15 is 0 Å². The van der Waals surface area contributed by atoms with Crippen LogP contribution in [0.3, 0.4) is 0 Å². The molecule has 2 heterocycles. The SMILES string of the molecule is Cc1ccc(Cn2cnnc2C2CCNCC2)cc1. The molecule has 1 N–H and O–H groups in total. The van der Waals surface area contributed by atoms with Gasteiger partial charge in [-0.25, -0.2) is 0 Å². The van der Waals surface area contributed by atoms with Gasteiger partial charge in [0.1, 0.15) is 12.2 Å². The summed E-state index contributed by atoms with van der Waals surface area (Å²) in [5.41, 5.74) is 2.60. The zero-order chi connectivity index (χ0) is 13.1. The number of nitrogens with zero attached hydrogens (tertiary/aromatic N) is 3. The van der Waals surface area contributed by atoms with Crippen molar-refractivity contribution in [3.05, 3.63) is 47.5 Å².